The van der Waals surface area contributed by atoms with Gasteiger partial charge in [-0.1, -0.05) is 33.3 Å². The van der Waals surface area contributed by atoms with Crippen LogP contribution in [0, 0.1) is 40.4 Å². The van der Waals surface area contributed by atoms with Gasteiger partial charge >= 0.3 is 0 Å². The van der Waals surface area contributed by atoms with Crippen molar-refractivity contribution in [3.05, 3.63) is 11.6 Å². The van der Waals surface area contributed by atoms with Crippen LogP contribution in [0.4, 0.5) is 0 Å². The fraction of sp³-hybridized carbons (Fsp3) is 0.808. The van der Waals surface area contributed by atoms with Crippen molar-refractivity contribution in [1.82, 2.24) is 5.43 Å². The minimum atomic E-state index is 0.0146. The van der Waals surface area contributed by atoms with Crippen LogP contribution in [-0.2, 0) is 9.59 Å². The van der Waals surface area contributed by atoms with E-state index in [2.05, 4.69) is 44.3 Å². The fourth-order valence-corrected chi connectivity index (χ4v) is 7.88. The molecule has 0 aromatic rings. The molecule has 0 bridgehead atoms. The smallest absolute Gasteiger partial charge is 0.240 e. The second kappa shape index (κ2) is 7.91. The Morgan fingerprint density at radius 1 is 1.10 bits per heavy atom. The summed E-state index contributed by atoms with van der Waals surface area (Å²) in [6, 6.07) is 0. The average Bonchev–Trinajstić information content (AvgIpc) is 3.03. The molecule has 166 valence electrons. The Balaban J connectivity index is 1.51. The number of fused-ring (bicyclic) bond motifs is 5. The molecule has 6 atom stereocenters. The summed E-state index contributed by atoms with van der Waals surface area (Å²) in [7, 11) is 0. The van der Waals surface area contributed by atoms with Crippen molar-refractivity contribution in [2.75, 3.05) is 0 Å². The van der Waals surface area contributed by atoms with E-state index in [0.29, 0.717) is 24.0 Å². The number of rotatable bonds is 4. The first kappa shape index (κ1) is 21.8. The number of hydrazone groups is 1. The van der Waals surface area contributed by atoms with Crippen molar-refractivity contribution in [3.63, 3.8) is 0 Å². The van der Waals surface area contributed by atoms with Crippen molar-refractivity contribution < 1.29 is 9.59 Å². The maximum Gasteiger partial charge on any atom is 0.240 e. The van der Waals surface area contributed by atoms with Crippen LogP contribution in [0.25, 0.3) is 0 Å². The molecular weight excluding hydrogens is 372 g/mol. The summed E-state index contributed by atoms with van der Waals surface area (Å²) in [5.41, 5.74) is 5.85. The molecule has 1 N–H and O–H groups in total. The summed E-state index contributed by atoms with van der Waals surface area (Å²) < 4.78 is 0. The van der Waals surface area contributed by atoms with Gasteiger partial charge < -0.3 is 0 Å². The van der Waals surface area contributed by atoms with Gasteiger partial charge in [0.1, 0.15) is 5.78 Å². The topological polar surface area (TPSA) is 58.5 Å². The van der Waals surface area contributed by atoms with E-state index in [0.717, 1.165) is 43.2 Å². The first-order valence-corrected chi connectivity index (χ1v) is 12.2. The zero-order valence-electron chi connectivity index (χ0n) is 19.6. The van der Waals surface area contributed by atoms with Gasteiger partial charge in [-0.15, -0.1) is 0 Å². The molecular formula is C26H40N2O2. The molecule has 0 saturated heterocycles. The van der Waals surface area contributed by atoms with E-state index in [-0.39, 0.29) is 22.7 Å². The summed E-state index contributed by atoms with van der Waals surface area (Å²) in [4.78, 5) is 24.3. The lowest BCUT2D eigenvalue weighted by atomic mass is 9.46. The van der Waals surface area contributed by atoms with Gasteiger partial charge in [-0.05, 0) is 98.9 Å². The Labute approximate surface area is 182 Å². The van der Waals surface area contributed by atoms with Gasteiger partial charge in [-0.25, -0.2) is 5.43 Å². The SMILES string of the molecule is CC(=O)C1CCC2C3CCC4=C/C(=N\NC(=O)CC(C)C)CCC4(C)C3CCC12C. The Bertz CT molecular complexity index is 782. The van der Waals surface area contributed by atoms with Gasteiger partial charge in [0.05, 0.1) is 5.71 Å². The number of nitrogens with one attached hydrogen (secondary N) is 1. The molecule has 0 radical (unpaired) electrons. The highest BCUT2D eigenvalue weighted by atomic mass is 16.2. The van der Waals surface area contributed by atoms with Gasteiger partial charge in [0.2, 0.25) is 5.91 Å². The third-order valence-corrected chi connectivity index (χ3v) is 9.39. The number of carbonyl (C=O) groups is 2. The van der Waals surface area contributed by atoms with E-state index >= 15 is 0 Å². The highest BCUT2D eigenvalue weighted by molar-refractivity contribution is 5.97. The highest BCUT2D eigenvalue weighted by Crippen LogP contribution is 2.66. The molecule has 0 aliphatic heterocycles. The number of allylic oxidation sites excluding steroid dienone is 2. The van der Waals surface area contributed by atoms with Crippen molar-refractivity contribution in [2.45, 2.75) is 92.4 Å². The molecule has 0 aromatic carbocycles. The molecule has 4 aliphatic carbocycles. The zero-order chi connectivity index (χ0) is 21.7. The second-order valence-corrected chi connectivity index (χ2v) is 11.5. The zero-order valence-corrected chi connectivity index (χ0v) is 19.6. The van der Waals surface area contributed by atoms with Crippen LogP contribution in [0.2, 0.25) is 0 Å². The van der Waals surface area contributed by atoms with Gasteiger partial charge in [0, 0.05) is 12.3 Å². The van der Waals surface area contributed by atoms with Crippen molar-refractivity contribution >= 4 is 17.4 Å². The van der Waals surface area contributed by atoms with Gasteiger partial charge in [-0.3, -0.25) is 9.59 Å². The lowest BCUT2D eigenvalue weighted by Gasteiger charge is -2.58. The van der Waals surface area contributed by atoms with Crippen LogP contribution >= 0.6 is 0 Å². The van der Waals surface area contributed by atoms with E-state index in [4.69, 9.17) is 0 Å². The quantitative estimate of drug-likeness (QED) is 0.605. The summed E-state index contributed by atoms with van der Waals surface area (Å²) in [6.07, 6.45) is 12.1. The first-order chi connectivity index (χ1) is 14.1. The fourth-order valence-electron chi connectivity index (χ4n) is 7.88. The van der Waals surface area contributed by atoms with Crippen molar-refractivity contribution in [3.8, 4) is 0 Å². The normalized spacial score (nSPS) is 41.7. The maximum absolute atomic E-state index is 12.3. The van der Waals surface area contributed by atoms with E-state index in [9.17, 15) is 9.59 Å². The van der Waals surface area contributed by atoms with E-state index < -0.39 is 0 Å². The number of ketones is 1. The van der Waals surface area contributed by atoms with Crippen LogP contribution < -0.4 is 5.43 Å². The third-order valence-electron chi connectivity index (χ3n) is 9.39. The standard InChI is InChI=1S/C26H40N2O2/c1-16(2)14-24(30)28-27-19-10-12-25(4)18(15-19)6-7-20-22-9-8-21(17(3)29)26(22,5)13-11-23(20)25/h15-16,20-23H,6-14H2,1-5H3,(H,28,30)/b27-19-. The lowest BCUT2D eigenvalue weighted by molar-refractivity contribution is -0.127. The maximum atomic E-state index is 12.3. The van der Waals surface area contributed by atoms with E-state index in [1.807, 2.05) is 6.92 Å². The second-order valence-electron chi connectivity index (χ2n) is 11.5. The molecule has 4 nitrogen and oxygen atoms in total. The van der Waals surface area contributed by atoms with Crippen LogP contribution in [0.3, 0.4) is 0 Å². The summed E-state index contributed by atoms with van der Waals surface area (Å²) in [6.45, 7) is 10.8. The molecule has 6 unspecified atom stereocenters. The average molecular weight is 413 g/mol. The number of amides is 1. The largest absolute Gasteiger partial charge is 0.300 e. The molecule has 3 fully saturated rings. The summed E-state index contributed by atoms with van der Waals surface area (Å²) in [5.74, 6) is 3.28. The third kappa shape index (κ3) is 3.58. The Kier molecular flexibility index (Phi) is 5.74. The summed E-state index contributed by atoms with van der Waals surface area (Å²) in [5, 5.41) is 4.46. The predicted octanol–water partition coefficient (Wildman–Crippen LogP) is 5.67. The minimum absolute atomic E-state index is 0.0146. The van der Waals surface area contributed by atoms with Gasteiger partial charge in [-0.2, -0.15) is 5.10 Å². The van der Waals surface area contributed by atoms with Gasteiger partial charge in [0.15, 0.2) is 0 Å². The Hall–Kier alpha value is -1.45. The Morgan fingerprint density at radius 2 is 1.87 bits per heavy atom. The number of carbonyl (C=O) groups excluding carboxylic acids is 2. The van der Waals surface area contributed by atoms with Crippen LogP contribution in [-0.4, -0.2) is 17.4 Å². The molecule has 4 aliphatic rings. The molecule has 4 rings (SSSR count). The van der Waals surface area contributed by atoms with Gasteiger partial charge in [0.25, 0.3) is 0 Å². The Morgan fingerprint density at radius 3 is 2.57 bits per heavy atom. The summed E-state index contributed by atoms with van der Waals surface area (Å²) >= 11 is 0. The lowest BCUT2D eigenvalue weighted by Crippen LogP contribution is -2.51. The minimum Gasteiger partial charge on any atom is -0.300 e. The first-order valence-electron chi connectivity index (χ1n) is 12.2. The molecule has 0 spiro atoms. The predicted molar refractivity (Wildman–Crippen MR) is 121 cm³/mol. The molecule has 4 heteroatoms. The van der Waals surface area contributed by atoms with Crippen LogP contribution in [0.15, 0.2) is 16.8 Å². The van der Waals surface area contributed by atoms with Crippen LogP contribution in [0.5, 0.6) is 0 Å². The molecule has 1 amide bonds. The van der Waals surface area contributed by atoms with E-state index in [1.165, 1.54) is 25.7 Å². The van der Waals surface area contributed by atoms with Crippen molar-refractivity contribution in [2.24, 2.45) is 45.5 Å². The monoisotopic (exact) mass is 412 g/mol. The number of Topliss-reactive ketones (excluding diaryl/α,β-unsaturated/α-hetero) is 1. The number of hydrogen-bond donors (Lipinski definition) is 1. The molecule has 30 heavy (non-hydrogen) atoms. The molecule has 0 heterocycles. The van der Waals surface area contributed by atoms with Crippen LogP contribution in [0.1, 0.15) is 92.4 Å². The highest BCUT2D eigenvalue weighted by Gasteiger charge is 2.59. The van der Waals surface area contributed by atoms with E-state index in [1.54, 1.807) is 5.57 Å². The molecule has 0 aromatic heterocycles. The number of hydrogen-bond acceptors (Lipinski definition) is 3. The number of nitrogens with zero attached hydrogens (tertiary/aromatic N) is 1. The molecule has 3 saturated carbocycles. The van der Waals surface area contributed by atoms with Crippen molar-refractivity contribution in [1.29, 1.82) is 0 Å².